The number of carbonyl (C=O) groups is 10. The number of primary amides is 1. The zero-order valence-corrected chi connectivity index (χ0v) is 36.6. The van der Waals surface area contributed by atoms with Gasteiger partial charge in [-0.1, -0.05) is 54.6 Å². The maximum Gasteiger partial charge on any atom is 0.408 e. The Morgan fingerprint density at radius 2 is 0.985 bits per heavy atom. The number of benzene rings is 3. The minimum Gasteiger partial charge on any atom is -0.508 e. The van der Waals surface area contributed by atoms with Crippen LogP contribution in [-0.2, 0) is 67.3 Å². The second-order valence-corrected chi connectivity index (χ2v) is 15.2. The van der Waals surface area contributed by atoms with E-state index in [1.165, 1.54) is 55.5 Å². The van der Waals surface area contributed by atoms with Gasteiger partial charge in [-0.15, -0.1) is 0 Å². The van der Waals surface area contributed by atoms with E-state index in [2.05, 4.69) is 37.2 Å². The monoisotopic (exact) mass is 950 g/mol. The number of nitrogens with two attached hydrogens (primary N) is 1. The Bertz CT molecular complexity index is 2250. The standard InChI is InChI=1S/C44H54N8O16/c1-24(47-44(67)68-23-27-5-3-2-4-6-27)39(62)46-21-35(56)48-31(16-18-37(59)60)40(63)52-34(22-53)43(66)51-33(20-26-9-13-29(55)14-10-26)42(65)50-32(19-25-7-11-28(54)12-8-25)41(64)49-30(38(45)61)15-17-36(57)58/h2-14,24,30-34,53-55H,15-23H2,1H3,(H2,45,61)(H,46,62)(H,47,67)(H,48,56)(H,49,64)(H,50,65)(H,51,66)(H,52,63)(H,57,58)(H,59,60)/t24-,30-,31-,32-,33-,34-/m0/s1. The van der Waals surface area contributed by atoms with Gasteiger partial charge in [-0.3, -0.25) is 43.2 Å². The summed E-state index contributed by atoms with van der Waals surface area (Å²) in [7, 11) is 0. The van der Waals surface area contributed by atoms with E-state index in [0.717, 1.165) is 0 Å². The number of hydrogen-bond donors (Lipinski definition) is 13. The van der Waals surface area contributed by atoms with Gasteiger partial charge < -0.3 is 73.2 Å². The second kappa shape index (κ2) is 27.3. The SMILES string of the molecule is C[C@H](NC(=O)OCc1ccccc1)C(=O)NCC(=O)N[C@@H](CCC(=O)O)C(=O)N[C@@H](CO)C(=O)N[C@@H](Cc1ccc(O)cc1)C(=O)N[C@@H](Cc1ccc(O)cc1)C(=O)N[C@@H](CCC(=O)O)C(N)=O. The van der Waals surface area contributed by atoms with Crippen LogP contribution in [0.2, 0.25) is 0 Å². The number of rotatable bonds is 27. The van der Waals surface area contributed by atoms with Gasteiger partial charge in [0.1, 0.15) is 54.4 Å². The molecule has 0 aromatic heterocycles. The van der Waals surface area contributed by atoms with Crippen molar-refractivity contribution in [2.75, 3.05) is 13.2 Å². The van der Waals surface area contributed by atoms with E-state index in [9.17, 15) is 68.4 Å². The van der Waals surface area contributed by atoms with Crippen LogP contribution in [0.15, 0.2) is 78.9 Å². The van der Waals surface area contributed by atoms with Crippen molar-refractivity contribution in [1.82, 2.24) is 37.2 Å². The number of ether oxygens (including phenoxy) is 1. The summed E-state index contributed by atoms with van der Waals surface area (Å²) in [6.45, 7) is -0.630. The molecule has 0 fully saturated rings. The number of aliphatic hydroxyl groups is 1. The molecule has 3 aromatic carbocycles. The van der Waals surface area contributed by atoms with Gasteiger partial charge in [0.2, 0.25) is 41.4 Å². The largest absolute Gasteiger partial charge is 0.508 e. The van der Waals surface area contributed by atoms with Crippen LogP contribution in [0.25, 0.3) is 0 Å². The molecule has 8 amide bonds. The molecule has 24 heteroatoms. The summed E-state index contributed by atoms with van der Waals surface area (Å²) in [5, 5.41) is 64.5. The molecule has 0 bridgehead atoms. The fourth-order valence-electron chi connectivity index (χ4n) is 6.10. The molecule has 3 rings (SSSR count). The zero-order valence-electron chi connectivity index (χ0n) is 36.6. The van der Waals surface area contributed by atoms with Gasteiger partial charge in [-0.25, -0.2) is 4.79 Å². The topological polar surface area (TPSA) is 391 Å². The summed E-state index contributed by atoms with van der Waals surface area (Å²) in [5.74, 6) is -10.2. The second-order valence-electron chi connectivity index (χ2n) is 15.2. The molecule has 14 N–H and O–H groups in total. The van der Waals surface area contributed by atoms with E-state index in [-0.39, 0.29) is 30.9 Å². The Morgan fingerprint density at radius 3 is 1.46 bits per heavy atom. The van der Waals surface area contributed by atoms with Crippen LogP contribution in [0.1, 0.15) is 49.3 Å². The summed E-state index contributed by atoms with van der Waals surface area (Å²) < 4.78 is 5.07. The fraction of sp³-hybridized carbons (Fsp3) is 0.364. The summed E-state index contributed by atoms with van der Waals surface area (Å²) >= 11 is 0. The highest BCUT2D eigenvalue weighted by Gasteiger charge is 2.33. The lowest BCUT2D eigenvalue weighted by molar-refractivity contribution is -0.139. The number of carboxylic acid groups (broad SMARTS) is 2. The van der Waals surface area contributed by atoms with Gasteiger partial charge in [0, 0.05) is 25.7 Å². The molecule has 0 saturated heterocycles. The molecule has 0 radical (unpaired) electrons. The highest BCUT2D eigenvalue weighted by Crippen LogP contribution is 2.15. The maximum atomic E-state index is 14.1. The molecule has 68 heavy (non-hydrogen) atoms. The van der Waals surface area contributed by atoms with Crippen molar-refractivity contribution < 1.29 is 78.2 Å². The van der Waals surface area contributed by atoms with E-state index in [1.807, 2.05) is 0 Å². The lowest BCUT2D eigenvalue weighted by Gasteiger charge is -2.27. The number of alkyl carbamates (subject to hydrolysis) is 1. The van der Waals surface area contributed by atoms with Crippen LogP contribution in [0.3, 0.4) is 0 Å². The van der Waals surface area contributed by atoms with Gasteiger partial charge in [-0.05, 0) is 60.7 Å². The minimum absolute atomic E-state index is 0.0811. The molecular weight excluding hydrogens is 897 g/mol. The summed E-state index contributed by atoms with van der Waals surface area (Å²) in [6, 6.07) is 10.2. The molecule has 0 saturated carbocycles. The summed E-state index contributed by atoms with van der Waals surface area (Å²) in [5.41, 5.74) is 6.84. The maximum absolute atomic E-state index is 14.1. The first-order valence-corrected chi connectivity index (χ1v) is 20.9. The van der Waals surface area contributed by atoms with Crippen molar-refractivity contribution >= 4 is 59.4 Å². The molecule has 0 aliphatic rings. The predicted octanol–water partition coefficient (Wildman–Crippen LogP) is -2.05. The lowest BCUT2D eigenvalue weighted by atomic mass is 10.0. The van der Waals surface area contributed by atoms with Crippen LogP contribution in [-0.4, -0.2) is 134 Å². The average Bonchev–Trinajstić information content (AvgIpc) is 3.30. The average molecular weight is 951 g/mol. The number of aromatic hydroxyl groups is 2. The lowest BCUT2D eigenvalue weighted by Crippen LogP contribution is -2.60. The number of aliphatic hydroxyl groups excluding tert-OH is 1. The van der Waals surface area contributed by atoms with E-state index in [0.29, 0.717) is 16.7 Å². The highest BCUT2D eigenvalue weighted by molar-refractivity contribution is 5.97. The zero-order chi connectivity index (χ0) is 50.3. The first kappa shape index (κ1) is 54.1. The van der Waals surface area contributed by atoms with E-state index < -0.39 is 134 Å². The van der Waals surface area contributed by atoms with Gasteiger partial charge in [0.25, 0.3) is 0 Å². The Morgan fingerprint density at radius 1 is 0.544 bits per heavy atom. The molecule has 24 nitrogen and oxygen atoms in total. The number of phenols is 2. The first-order valence-electron chi connectivity index (χ1n) is 20.9. The van der Waals surface area contributed by atoms with Gasteiger partial charge in [-0.2, -0.15) is 0 Å². The molecule has 0 unspecified atom stereocenters. The van der Waals surface area contributed by atoms with Crippen molar-refractivity contribution in [3.8, 4) is 11.5 Å². The molecule has 3 aromatic rings. The molecule has 366 valence electrons. The highest BCUT2D eigenvalue weighted by atomic mass is 16.5. The smallest absolute Gasteiger partial charge is 0.408 e. The van der Waals surface area contributed by atoms with Gasteiger partial charge in [0.15, 0.2) is 0 Å². The fourth-order valence-corrected chi connectivity index (χ4v) is 6.10. The Kier molecular flexibility index (Phi) is 21.7. The molecule has 6 atom stereocenters. The summed E-state index contributed by atoms with van der Waals surface area (Å²) in [4.78, 5) is 127. The third kappa shape index (κ3) is 19.4. The third-order valence-corrected chi connectivity index (χ3v) is 9.80. The van der Waals surface area contributed by atoms with Crippen LogP contribution >= 0.6 is 0 Å². The van der Waals surface area contributed by atoms with Crippen molar-refractivity contribution in [2.45, 2.75) is 88.3 Å². The molecule has 0 spiro atoms. The number of phenolic OH excluding ortho intramolecular Hbond substituents is 2. The molecule has 0 heterocycles. The third-order valence-electron chi connectivity index (χ3n) is 9.80. The number of carboxylic acids is 2. The van der Waals surface area contributed by atoms with Crippen molar-refractivity contribution in [2.24, 2.45) is 5.73 Å². The van der Waals surface area contributed by atoms with Crippen molar-refractivity contribution in [3.63, 3.8) is 0 Å². The Labute approximate surface area is 388 Å². The number of amides is 8. The normalized spacial score (nSPS) is 13.3. The van der Waals surface area contributed by atoms with E-state index in [4.69, 9.17) is 15.6 Å². The molecule has 0 aliphatic heterocycles. The number of aliphatic carboxylic acids is 2. The Hall–Kier alpha value is -8.28. The number of nitrogens with one attached hydrogen (secondary N) is 7. The van der Waals surface area contributed by atoms with Crippen molar-refractivity contribution in [1.29, 1.82) is 0 Å². The van der Waals surface area contributed by atoms with Crippen molar-refractivity contribution in [3.05, 3.63) is 95.6 Å². The number of carbonyl (C=O) groups excluding carboxylic acids is 8. The predicted molar refractivity (Wildman–Crippen MR) is 236 cm³/mol. The molecular formula is C44H54N8O16. The number of hydrogen-bond acceptors (Lipinski definition) is 14. The van der Waals surface area contributed by atoms with Crippen LogP contribution in [0.5, 0.6) is 11.5 Å². The molecule has 0 aliphatic carbocycles. The van der Waals surface area contributed by atoms with Gasteiger partial charge in [0.05, 0.1) is 13.2 Å². The van der Waals surface area contributed by atoms with E-state index in [1.54, 1.807) is 30.3 Å². The summed E-state index contributed by atoms with van der Waals surface area (Å²) in [6.07, 6.45) is -3.67. The van der Waals surface area contributed by atoms with E-state index >= 15 is 0 Å². The quantitative estimate of drug-likeness (QED) is 0.0391. The Balaban J connectivity index is 1.76. The van der Waals surface area contributed by atoms with Crippen LogP contribution in [0.4, 0.5) is 4.79 Å². The first-order chi connectivity index (χ1) is 32.2. The van der Waals surface area contributed by atoms with Gasteiger partial charge >= 0.3 is 18.0 Å². The van der Waals surface area contributed by atoms with Crippen LogP contribution < -0.4 is 43.0 Å². The van der Waals surface area contributed by atoms with Crippen LogP contribution in [0, 0.1) is 0 Å². The minimum atomic E-state index is -1.85.